The standard InChI is InChI=1S/C9H5N3OS2/c13-8-7(4-6-2-1-3-14-6)15-9-10-5-11-12(8)9/h1-5H. The van der Waals surface area contributed by atoms with Crippen molar-refractivity contribution in [2.75, 3.05) is 0 Å². The molecular weight excluding hydrogens is 230 g/mol. The predicted molar refractivity (Wildman–Crippen MR) is 60.2 cm³/mol. The largest absolute Gasteiger partial charge is 0.291 e. The summed E-state index contributed by atoms with van der Waals surface area (Å²) >= 11 is 2.96. The van der Waals surface area contributed by atoms with E-state index in [1.54, 1.807) is 11.3 Å². The second-order valence-corrected chi connectivity index (χ2v) is 4.87. The molecule has 0 unspecified atom stereocenters. The smallest absolute Gasteiger partial charge is 0.266 e. The zero-order valence-corrected chi connectivity index (χ0v) is 9.09. The third-order valence-electron chi connectivity index (χ3n) is 1.94. The van der Waals surface area contributed by atoms with Crippen molar-refractivity contribution in [2.24, 2.45) is 0 Å². The first-order chi connectivity index (χ1) is 7.34. The summed E-state index contributed by atoms with van der Waals surface area (Å²) in [6, 6.07) is 3.93. The fourth-order valence-corrected chi connectivity index (χ4v) is 2.88. The van der Waals surface area contributed by atoms with E-state index in [1.165, 1.54) is 22.2 Å². The molecule has 0 fully saturated rings. The molecule has 0 spiro atoms. The van der Waals surface area contributed by atoms with Crippen LogP contribution in [0.15, 0.2) is 28.6 Å². The molecule has 3 aromatic rings. The number of aromatic nitrogens is 3. The maximum atomic E-state index is 11.8. The lowest BCUT2D eigenvalue weighted by Crippen LogP contribution is -2.23. The van der Waals surface area contributed by atoms with Crippen LogP contribution in [0.3, 0.4) is 0 Å². The van der Waals surface area contributed by atoms with Gasteiger partial charge in [-0.15, -0.1) is 11.3 Å². The number of nitrogens with zero attached hydrogens (tertiary/aromatic N) is 3. The number of fused-ring (bicyclic) bond motifs is 1. The first kappa shape index (κ1) is 8.75. The minimum Gasteiger partial charge on any atom is -0.266 e. The van der Waals surface area contributed by atoms with E-state index in [9.17, 15) is 4.79 Å². The zero-order valence-electron chi connectivity index (χ0n) is 7.45. The number of thiophene rings is 1. The Morgan fingerprint density at radius 1 is 1.47 bits per heavy atom. The third kappa shape index (κ3) is 1.38. The molecule has 0 radical (unpaired) electrons. The van der Waals surface area contributed by atoms with Crippen molar-refractivity contribution in [3.8, 4) is 0 Å². The van der Waals surface area contributed by atoms with Crippen molar-refractivity contribution in [2.45, 2.75) is 0 Å². The van der Waals surface area contributed by atoms with Crippen LogP contribution in [-0.2, 0) is 0 Å². The Morgan fingerprint density at radius 2 is 2.40 bits per heavy atom. The minimum atomic E-state index is -0.0964. The predicted octanol–water partition coefficient (Wildman–Crippen LogP) is 0.760. The van der Waals surface area contributed by atoms with Crippen LogP contribution in [0.25, 0.3) is 11.0 Å². The van der Waals surface area contributed by atoms with E-state index in [4.69, 9.17) is 0 Å². The summed E-state index contributed by atoms with van der Waals surface area (Å²) in [6.45, 7) is 0. The highest BCUT2D eigenvalue weighted by molar-refractivity contribution is 7.15. The van der Waals surface area contributed by atoms with Gasteiger partial charge in [-0.05, 0) is 17.5 Å². The van der Waals surface area contributed by atoms with E-state index in [1.807, 2.05) is 23.6 Å². The van der Waals surface area contributed by atoms with Crippen LogP contribution in [0, 0.1) is 0 Å². The highest BCUT2D eigenvalue weighted by atomic mass is 32.1. The summed E-state index contributed by atoms with van der Waals surface area (Å²) in [4.78, 5) is 17.5. The van der Waals surface area contributed by atoms with Gasteiger partial charge in [-0.2, -0.15) is 9.61 Å². The van der Waals surface area contributed by atoms with Crippen molar-refractivity contribution >= 4 is 33.7 Å². The molecule has 15 heavy (non-hydrogen) atoms. The quantitative estimate of drug-likeness (QED) is 0.625. The SMILES string of the molecule is O=c1c(=Cc2cccs2)sc2ncnn12. The average Bonchev–Trinajstić information content (AvgIpc) is 2.89. The second-order valence-electron chi connectivity index (χ2n) is 2.89. The van der Waals surface area contributed by atoms with E-state index in [-0.39, 0.29) is 5.56 Å². The van der Waals surface area contributed by atoms with E-state index in [0.29, 0.717) is 9.49 Å². The lowest BCUT2D eigenvalue weighted by atomic mass is 10.4. The maximum Gasteiger partial charge on any atom is 0.291 e. The first-order valence-corrected chi connectivity index (χ1v) is 5.92. The fraction of sp³-hybridized carbons (Fsp3) is 0. The van der Waals surface area contributed by atoms with Crippen LogP contribution in [-0.4, -0.2) is 14.6 Å². The van der Waals surface area contributed by atoms with Gasteiger partial charge in [0, 0.05) is 4.88 Å². The fourth-order valence-electron chi connectivity index (χ4n) is 1.28. The zero-order chi connectivity index (χ0) is 10.3. The molecule has 6 heteroatoms. The molecule has 3 rings (SSSR count). The molecule has 0 aliphatic carbocycles. The minimum absolute atomic E-state index is 0.0964. The normalized spacial score (nSPS) is 12.7. The van der Waals surface area contributed by atoms with Crippen molar-refractivity contribution in [3.05, 3.63) is 43.6 Å². The molecule has 74 valence electrons. The van der Waals surface area contributed by atoms with Gasteiger partial charge in [-0.25, -0.2) is 4.98 Å². The molecule has 0 amide bonds. The molecule has 0 saturated heterocycles. The van der Waals surface area contributed by atoms with Gasteiger partial charge in [-0.1, -0.05) is 17.4 Å². The van der Waals surface area contributed by atoms with Crippen LogP contribution in [0.5, 0.6) is 0 Å². The van der Waals surface area contributed by atoms with E-state index < -0.39 is 0 Å². The summed E-state index contributed by atoms with van der Waals surface area (Å²) in [5.74, 6) is 0. The van der Waals surface area contributed by atoms with Crippen molar-refractivity contribution in [3.63, 3.8) is 0 Å². The molecule has 0 aliphatic heterocycles. The van der Waals surface area contributed by atoms with E-state index >= 15 is 0 Å². The van der Waals surface area contributed by atoms with Crippen LogP contribution < -0.4 is 10.1 Å². The number of hydrogen-bond donors (Lipinski definition) is 0. The monoisotopic (exact) mass is 235 g/mol. The van der Waals surface area contributed by atoms with Gasteiger partial charge in [0.2, 0.25) is 4.96 Å². The summed E-state index contributed by atoms with van der Waals surface area (Å²) in [5, 5.41) is 5.83. The Labute approximate surface area is 92.1 Å². The van der Waals surface area contributed by atoms with Crippen LogP contribution >= 0.6 is 22.7 Å². The Balaban J connectivity index is 2.32. The third-order valence-corrected chi connectivity index (χ3v) is 3.73. The molecule has 0 atom stereocenters. The van der Waals surface area contributed by atoms with Gasteiger partial charge < -0.3 is 0 Å². The van der Waals surface area contributed by atoms with Crippen LogP contribution in [0.2, 0.25) is 0 Å². The Kier molecular flexibility index (Phi) is 1.90. The summed E-state index contributed by atoms with van der Waals surface area (Å²) < 4.78 is 2.00. The molecule has 0 saturated carbocycles. The molecule has 0 aliphatic rings. The topological polar surface area (TPSA) is 47.3 Å². The highest BCUT2D eigenvalue weighted by Crippen LogP contribution is 2.09. The van der Waals surface area contributed by atoms with Crippen LogP contribution in [0.1, 0.15) is 4.88 Å². The number of rotatable bonds is 1. The Hall–Kier alpha value is -1.53. The van der Waals surface area contributed by atoms with Gasteiger partial charge in [0.25, 0.3) is 5.56 Å². The van der Waals surface area contributed by atoms with Crippen molar-refractivity contribution < 1.29 is 0 Å². The van der Waals surface area contributed by atoms with Crippen molar-refractivity contribution in [1.82, 2.24) is 14.6 Å². The lowest BCUT2D eigenvalue weighted by molar-refractivity contribution is 0.932. The van der Waals surface area contributed by atoms with Crippen LogP contribution in [0.4, 0.5) is 0 Å². The van der Waals surface area contributed by atoms with Gasteiger partial charge in [0.05, 0.1) is 4.53 Å². The highest BCUT2D eigenvalue weighted by Gasteiger charge is 2.04. The van der Waals surface area contributed by atoms with Gasteiger partial charge in [-0.3, -0.25) is 4.79 Å². The lowest BCUT2D eigenvalue weighted by Gasteiger charge is -1.77. The second kappa shape index (κ2) is 3.25. The van der Waals surface area contributed by atoms with Gasteiger partial charge in [0.1, 0.15) is 6.33 Å². The first-order valence-electron chi connectivity index (χ1n) is 4.22. The van der Waals surface area contributed by atoms with Gasteiger partial charge in [0.15, 0.2) is 0 Å². The van der Waals surface area contributed by atoms with Gasteiger partial charge >= 0.3 is 0 Å². The molecule has 0 bridgehead atoms. The molecule has 0 aromatic carbocycles. The van der Waals surface area contributed by atoms with Crippen molar-refractivity contribution in [1.29, 1.82) is 0 Å². The Morgan fingerprint density at radius 3 is 3.13 bits per heavy atom. The Bertz CT molecular complexity index is 695. The molecule has 4 nitrogen and oxygen atoms in total. The summed E-state index contributed by atoms with van der Waals surface area (Å²) in [6.07, 6.45) is 3.26. The number of hydrogen-bond acceptors (Lipinski definition) is 5. The maximum absolute atomic E-state index is 11.8. The summed E-state index contributed by atoms with van der Waals surface area (Å²) in [7, 11) is 0. The van der Waals surface area contributed by atoms with E-state index in [0.717, 1.165) is 4.88 Å². The number of thiazole rings is 1. The molecule has 3 heterocycles. The summed E-state index contributed by atoms with van der Waals surface area (Å²) in [5.41, 5.74) is -0.0964. The average molecular weight is 235 g/mol. The molecule has 3 aromatic heterocycles. The molecule has 0 N–H and O–H groups in total. The van der Waals surface area contributed by atoms with E-state index in [2.05, 4.69) is 10.1 Å². The molecular formula is C9H5N3OS2.